The number of aromatic nitrogens is 2. The van der Waals surface area contributed by atoms with Crippen LogP contribution in [0.2, 0.25) is 0 Å². The highest BCUT2D eigenvalue weighted by molar-refractivity contribution is 5.92. The molecule has 0 spiro atoms. The molecule has 5 nitrogen and oxygen atoms in total. The third kappa shape index (κ3) is 3.20. The van der Waals surface area contributed by atoms with Crippen molar-refractivity contribution in [3.8, 4) is 0 Å². The zero-order chi connectivity index (χ0) is 14.7. The van der Waals surface area contributed by atoms with E-state index >= 15 is 0 Å². The van der Waals surface area contributed by atoms with Gasteiger partial charge in [-0.3, -0.25) is 9.48 Å². The van der Waals surface area contributed by atoms with Crippen molar-refractivity contribution in [1.29, 1.82) is 0 Å². The van der Waals surface area contributed by atoms with E-state index in [0.29, 0.717) is 17.5 Å². The Hall–Kier alpha value is -1.36. The molecule has 0 radical (unpaired) electrons. The highest BCUT2D eigenvalue weighted by atomic mass is 16.2. The van der Waals surface area contributed by atoms with Crippen LogP contribution in [-0.4, -0.2) is 47.3 Å². The Morgan fingerprint density at radius 1 is 1.55 bits per heavy atom. The number of likely N-dealkylation sites (tertiary alicyclic amines) is 1. The standard InChI is InChI=1S/C15H26N4O/c1-11(2)13-8-14(18(4)17-13)15(20)19-7-5-6-12(10-19)9-16-3/h8,11-12,16H,5-7,9-10H2,1-4H3/t12-/m0/s1. The summed E-state index contributed by atoms with van der Waals surface area (Å²) in [6.45, 7) is 6.89. The van der Waals surface area contributed by atoms with Gasteiger partial charge >= 0.3 is 0 Å². The molecule has 0 bridgehead atoms. The predicted molar refractivity (Wildman–Crippen MR) is 79.9 cm³/mol. The van der Waals surface area contributed by atoms with Crippen LogP contribution in [0.1, 0.15) is 48.8 Å². The number of nitrogens with zero attached hydrogens (tertiary/aromatic N) is 3. The summed E-state index contributed by atoms with van der Waals surface area (Å²) in [6.07, 6.45) is 2.29. The first-order valence-corrected chi connectivity index (χ1v) is 7.50. The zero-order valence-electron chi connectivity index (χ0n) is 13.0. The van der Waals surface area contributed by atoms with Gasteiger partial charge in [0.25, 0.3) is 5.91 Å². The summed E-state index contributed by atoms with van der Waals surface area (Å²) < 4.78 is 1.72. The maximum atomic E-state index is 12.7. The summed E-state index contributed by atoms with van der Waals surface area (Å²) in [6, 6.07) is 1.94. The van der Waals surface area contributed by atoms with E-state index in [2.05, 4.69) is 24.3 Å². The summed E-state index contributed by atoms with van der Waals surface area (Å²) in [5, 5.41) is 7.65. The molecule has 20 heavy (non-hydrogen) atoms. The van der Waals surface area contributed by atoms with Crippen molar-refractivity contribution in [1.82, 2.24) is 20.0 Å². The molecular weight excluding hydrogens is 252 g/mol. The molecule has 1 aromatic rings. The molecule has 2 rings (SSSR count). The van der Waals surface area contributed by atoms with E-state index in [0.717, 1.165) is 31.7 Å². The number of rotatable bonds is 4. The molecule has 0 aromatic carbocycles. The average molecular weight is 278 g/mol. The largest absolute Gasteiger partial charge is 0.337 e. The molecule has 1 atom stereocenters. The number of piperidine rings is 1. The lowest BCUT2D eigenvalue weighted by Gasteiger charge is -2.32. The minimum atomic E-state index is 0.118. The van der Waals surface area contributed by atoms with E-state index in [1.165, 1.54) is 6.42 Å². The van der Waals surface area contributed by atoms with E-state index in [9.17, 15) is 4.79 Å². The first kappa shape index (κ1) is 15.0. The number of amides is 1. The summed E-state index contributed by atoms with van der Waals surface area (Å²) in [5.74, 6) is 1.03. The van der Waals surface area contributed by atoms with Crippen LogP contribution in [0.15, 0.2) is 6.07 Å². The van der Waals surface area contributed by atoms with Gasteiger partial charge in [-0.2, -0.15) is 5.10 Å². The van der Waals surface area contributed by atoms with Gasteiger partial charge < -0.3 is 10.2 Å². The predicted octanol–water partition coefficient (Wildman–Crippen LogP) is 1.62. The van der Waals surface area contributed by atoms with Crippen LogP contribution in [-0.2, 0) is 7.05 Å². The summed E-state index contributed by atoms with van der Waals surface area (Å²) in [4.78, 5) is 14.6. The summed E-state index contributed by atoms with van der Waals surface area (Å²) in [7, 11) is 3.82. The van der Waals surface area contributed by atoms with Crippen LogP contribution in [0.5, 0.6) is 0 Å². The third-order valence-corrected chi connectivity index (χ3v) is 4.01. The Morgan fingerprint density at radius 3 is 2.90 bits per heavy atom. The monoisotopic (exact) mass is 278 g/mol. The van der Waals surface area contributed by atoms with Crippen molar-refractivity contribution in [2.45, 2.75) is 32.6 Å². The molecule has 5 heteroatoms. The van der Waals surface area contributed by atoms with Crippen LogP contribution < -0.4 is 5.32 Å². The Bertz CT molecular complexity index is 464. The fraction of sp³-hybridized carbons (Fsp3) is 0.733. The third-order valence-electron chi connectivity index (χ3n) is 4.01. The Kier molecular flexibility index (Phi) is 4.81. The Morgan fingerprint density at radius 2 is 2.30 bits per heavy atom. The number of carbonyl (C=O) groups is 1. The minimum Gasteiger partial charge on any atom is -0.337 e. The Labute approximate surface area is 121 Å². The second kappa shape index (κ2) is 6.39. The molecular formula is C15H26N4O. The first-order valence-electron chi connectivity index (χ1n) is 7.50. The molecule has 2 heterocycles. The second-order valence-electron chi connectivity index (χ2n) is 6.05. The van der Waals surface area contributed by atoms with Gasteiger partial charge in [-0.15, -0.1) is 0 Å². The van der Waals surface area contributed by atoms with Crippen LogP contribution in [0, 0.1) is 5.92 Å². The van der Waals surface area contributed by atoms with Crippen LogP contribution in [0.4, 0.5) is 0 Å². The van der Waals surface area contributed by atoms with Gasteiger partial charge in [0.2, 0.25) is 0 Å². The van der Waals surface area contributed by atoms with E-state index in [1.54, 1.807) is 4.68 Å². The number of hydrogen-bond donors (Lipinski definition) is 1. The summed E-state index contributed by atoms with van der Waals surface area (Å²) in [5.41, 5.74) is 1.69. The maximum absolute atomic E-state index is 12.7. The maximum Gasteiger partial charge on any atom is 0.272 e. The van der Waals surface area contributed by atoms with Gasteiger partial charge in [-0.25, -0.2) is 0 Å². The molecule has 1 aromatic heterocycles. The van der Waals surface area contributed by atoms with Gasteiger partial charge in [0.15, 0.2) is 0 Å². The van der Waals surface area contributed by atoms with Gasteiger partial charge in [-0.05, 0) is 44.3 Å². The van der Waals surface area contributed by atoms with E-state index in [1.807, 2.05) is 25.1 Å². The SMILES string of the molecule is CNC[C@@H]1CCCN(C(=O)c2cc(C(C)C)nn2C)C1. The van der Waals surface area contributed by atoms with E-state index in [-0.39, 0.29) is 5.91 Å². The van der Waals surface area contributed by atoms with Crippen LogP contribution in [0.3, 0.4) is 0 Å². The number of nitrogens with one attached hydrogen (secondary N) is 1. The molecule has 0 aliphatic carbocycles. The van der Waals surface area contributed by atoms with Gasteiger partial charge in [0, 0.05) is 20.1 Å². The van der Waals surface area contributed by atoms with Crippen LogP contribution in [0.25, 0.3) is 0 Å². The highest BCUT2D eigenvalue weighted by Gasteiger charge is 2.26. The smallest absolute Gasteiger partial charge is 0.272 e. The van der Waals surface area contributed by atoms with Crippen molar-refractivity contribution < 1.29 is 4.79 Å². The van der Waals surface area contributed by atoms with Crippen LogP contribution >= 0.6 is 0 Å². The van der Waals surface area contributed by atoms with E-state index in [4.69, 9.17) is 0 Å². The second-order valence-corrected chi connectivity index (χ2v) is 6.05. The Balaban J connectivity index is 2.10. The fourth-order valence-electron chi connectivity index (χ4n) is 2.84. The minimum absolute atomic E-state index is 0.118. The van der Waals surface area contributed by atoms with Crippen molar-refractivity contribution in [2.75, 3.05) is 26.7 Å². The normalized spacial score (nSPS) is 19.6. The molecule has 1 aliphatic rings. The fourth-order valence-corrected chi connectivity index (χ4v) is 2.84. The molecule has 0 saturated carbocycles. The highest BCUT2D eigenvalue weighted by Crippen LogP contribution is 2.20. The van der Waals surface area contributed by atoms with Crippen molar-refractivity contribution in [3.05, 3.63) is 17.5 Å². The van der Waals surface area contributed by atoms with Crippen molar-refractivity contribution in [2.24, 2.45) is 13.0 Å². The molecule has 0 unspecified atom stereocenters. The molecule has 1 fully saturated rings. The average Bonchev–Trinajstić information content (AvgIpc) is 2.81. The number of hydrogen-bond acceptors (Lipinski definition) is 3. The number of aryl methyl sites for hydroxylation is 1. The lowest BCUT2D eigenvalue weighted by Crippen LogP contribution is -2.43. The van der Waals surface area contributed by atoms with Gasteiger partial charge in [0.05, 0.1) is 5.69 Å². The van der Waals surface area contributed by atoms with Crippen molar-refractivity contribution in [3.63, 3.8) is 0 Å². The molecule has 1 amide bonds. The topological polar surface area (TPSA) is 50.2 Å². The zero-order valence-corrected chi connectivity index (χ0v) is 13.0. The molecule has 1 saturated heterocycles. The van der Waals surface area contributed by atoms with Gasteiger partial charge in [-0.1, -0.05) is 13.8 Å². The molecule has 1 N–H and O–H groups in total. The molecule has 1 aliphatic heterocycles. The summed E-state index contributed by atoms with van der Waals surface area (Å²) >= 11 is 0. The van der Waals surface area contributed by atoms with Gasteiger partial charge in [0.1, 0.15) is 5.69 Å². The lowest BCUT2D eigenvalue weighted by atomic mass is 9.97. The molecule has 112 valence electrons. The quantitative estimate of drug-likeness (QED) is 0.910. The number of carbonyl (C=O) groups excluding carboxylic acids is 1. The first-order chi connectivity index (χ1) is 9.52. The lowest BCUT2D eigenvalue weighted by molar-refractivity contribution is 0.0663. The van der Waals surface area contributed by atoms with E-state index < -0.39 is 0 Å². The van der Waals surface area contributed by atoms with Crippen molar-refractivity contribution >= 4 is 5.91 Å².